The molecule has 1 aliphatic carbocycles. The van der Waals surface area contributed by atoms with Gasteiger partial charge in [0.05, 0.1) is 6.10 Å². The predicted molar refractivity (Wildman–Crippen MR) is 80.1 cm³/mol. The number of hydrogen-bond acceptors (Lipinski definition) is 3. The first kappa shape index (κ1) is 13.9. The topological polar surface area (TPSA) is 41.6 Å². The molecular weight excluding hydrogens is 272 g/mol. The molecule has 1 aromatic heterocycles. The Morgan fingerprint density at radius 2 is 2.35 bits per heavy atom. The summed E-state index contributed by atoms with van der Waals surface area (Å²) in [4.78, 5) is 15.7. The van der Waals surface area contributed by atoms with Crippen molar-refractivity contribution in [3.63, 3.8) is 0 Å². The zero-order valence-electron chi connectivity index (χ0n) is 11.7. The Hall–Kier alpha value is -1.07. The number of thiophene rings is 1. The zero-order chi connectivity index (χ0) is 13.8. The van der Waals surface area contributed by atoms with Crippen molar-refractivity contribution in [2.45, 2.75) is 44.2 Å². The van der Waals surface area contributed by atoms with Gasteiger partial charge >= 0.3 is 6.03 Å². The van der Waals surface area contributed by atoms with Crippen LogP contribution in [0.1, 0.15) is 30.6 Å². The Morgan fingerprint density at radius 1 is 1.45 bits per heavy atom. The number of rotatable bonds is 6. The highest BCUT2D eigenvalue weighted by Gasteiger charge is 2.32. The van der Waals surface area contributed by atoms with Crippen LogP contribution in [0, 0.1) is 0 Å². The van der Waals surface area contributed by atoms with E-state index in [4.69, 9.17) is 4.74 Å². The third kappa shape index (κ3) is 3.73. The summed E-state index contributed by atoms with van der Waals surface area (Å²) in [5.41, 5.74) is 0. The normalized spacial score (nSPS) is 21.9. The van der Waals surface area contributed by atoms with Crippen LogP contribution in [0.3, 0.4) is 0 Å². The van der Waals surface area contributed by atoms with Gasteiger partial charge in [0.15, 0.2) is 0 Å². The first-order chi connectivity index (χ1) is 9.83. The van der Waals surface area contributed by atoms with Crippen molar-refractivity contribution in [3.05, 3.63) is 22.4 Å². The SMILES string of the molecule is O=C(NC[C@H]1CCCO1)N(CCc1cccs1)C1CC1. The van der Waals surface area contributed by atoms with Crippen LogP contribution in [-0.4, -0.2) is 42.8 Å². The van der Waals surface area contributed by atoms with Crippen LogP contribution in [0.4, 0.5) is 4.79 Å². The molecule has 1 saturated carbocycles. The average molecular weight is 294 g/mol. The van der Waals surface area contributed by atoms with Gasteiger partial charge < -0.3 is 15.0 Å². The maximum atomic E-state index is 12.3. The highest BCUT2D eigenvalue weighted by Crippen LogP contribution is 2.27. The standard InChI is InChI=1S/C15H22N2O2S/c18-15(16-11-13-3-1-9-19-13)17(12-5-6-12)8-7-14-4-2-10-20-14/h2,4,10,12-13H,1,3,5-9,11H2,(H,16,18)/t13-/m1/s1. The molecule has 3 rings (SSSR count). The summed E-state index contributed by atoms with van der Waals surface area (Å²) < 4.78 is 5.55. The minimum atomic E-state index is 0.0829. The van der Waals surface area contributed by atoms with Gasteiger partial charge in [-0.25, -0.2) is 4.79 Å². The molecule has 20 heavy (non-hydrogen) atoms. The highest BCUT2D eigenvalue weighted by atomic mass is 32.1. The maximum Gasteiger partial charge on any atom is 0.317 e. The molecule has 110 valence electrons. The van der Waals surface area contributed by atoms with Crippen molar-refractivity contribution in [3.8, 4) is 0 Å². The molecule has 1 saturated heterocycles. The molecule has 0 spiro atoms. The van der Waals surface area contributed by atoms with Crippen LogP contribution < -0.4 is 5.32 Å². The summed E-state index contributed by atoms with van der Waals surface area (Å²) in [7, 11) is 0. The van der Waals surface area contributed by atoms with Crippen LogP contribution >= 0.6 is 11.3 Å². The summed E-state index contributed by atoms with van der Waals surface area (Å²) in [5.74, 6) is 0. The van der Waals surface area contributed by atoms with Gasteiger partial charge in [-0.05, 0) is 43.6 Å². The second-order valence-corrected chi connectivity index (χ2v) is 6.61. The Kier molecular flexibility index (Phi) is 4.58. The highest BCUT2D eigenvalue weighted by molar-refractivity contribution is 7.09. The van der Waals surface area contributed by atoms with Crippen LogP contribution in [0.5, 0.6) is 0 Å². The predicted octanol–water partition coefficient (Wildman–Crippen LogP) is 2.64. The van der Waals surface area contributed by atoms with Crippen molar-refractivity contribution < 1.29 is 9.53 Å². The van der Waals surface area contributed by atoms with E-state index in [1.165, 1.54) is 4.88 Å². The molecule has 2 fully saturated rings. The molecule has 4 nitrogen and oxygen atoms in total. The van der Waals surface area contributed by atoms with Crippen LogP contribution in [-0.2, 0) is 11.2 Å². The van der Waals surface area contributed by atoms with Gasteiger partial charge in [-0.3, -0.25) is 0 Å². The molecule has 1 atom stereocenters. The molecule has 2 heterocycles. The summed E-state index contributed by atoms with van der Waals surface area (Å²) in [6.45, 7) is 2.31. The van der Waals surface area contributed by atoms with Gasteiger partial charge in [0.1, 0.15) is 0 Å². The summed E-state index contributed by atoms with van der Waals surface area (Å²) in [5, 5.41) is 5.13. The molecule has 2 aliphatic rings. The van der Waals surface area contributed by atoms with Crippen LogP contribution in [0.2, 0.25) is 0 Å². The van der Waals surface area contributed by atoms with Gasteiger partial charge in [-0.2, -0.15) is 0 Å². The van der Waals surface area contributed by atoms with E-state index in [1.807, 2.05) is 4.90 Å². The average Bonchev–Trinajstić information content (AvgIpc) is 2.95. The Labute approximate surface area is 124 Å². The molecule has 1 aromatic rings. The van der Waals surface area contributed by atoms with E-state index in [9.17, 15) is 4.79 Å². The van der Waals surface area contributed by atoms with E-state index in [0.29, 0.717) is 12.6 Å². The van der Waals surface area contributed by atoms with Gasteiger partial charge in [0.25, 0.3) is 0 Å². The van der Waals surface area contributed by atoms with Gasteiger partial charge in [-0.1, -0.05) is 6.07 Å². The largest absolute Gasteiger partial charge is 0.376 e. The smallest absolute Gasteiger partial charge is 0.317 e. The lowest BCUT2D eigenvalue weighted by Crippen LogP contribution is -2.44. The van der Waals surface area contributed by atoms with Crippen molar-refractivity contribution in [1.29, 1.82) is 0 Å². The fourth-order valence-electron chi connectivity index (χ4n) is 2.63. The number of hydrogen-bond donors (Lipinski definition) is 1. The summed E-state index contributed by atoms with van der Waals surface area (Å²) >= 11 is 1.76. The molecule has 1 aliphatic heterocycles. The Bertz CT molecular complexity index is 425. The third-order valence-corrected chi connectivity index (χ3v) is 4.87. The van der Waals surface area contributed by atoms with Gasteiger partial charge in [-0.15, -0.1) is 11.3 Å². The number of carbonyl (C=O) groups excluding carboxylic acids is 1. The molecule has 0 unspecified atom stereocenters. The summed E-state index contributed by atoms with van der Waals surface area (Å²) in [6, 6.07) is 4.75. The number of nitrogens with one attached hydrogen (secondary N) is 1. The van der Waals surface area contributed by atoms with Crippen LogP contribution in [0.15, 0.2) is 17.5 Å². The van der Waals surface area contributed by atoms with E-state index < -0.39 is 0 Å². The van der Waals surface area contributed by atoms with Crippen molar-refractivity contribution in [1.82, 2.24) is 10.2 Å². The van der Waals surface area contributed by atoms with Gasteiger partial charge in [0, 0.05) is 30.6 Å². The molecular formula is C15H22N2O2S. The van der Waals surface area contributed by atoms with Crippen molar-refractivity contribution in [2.24, 2.45) is 0 Å². The monoisotopic (exact) mass is 294 g/mol. The van der Waals surface area contributed by atoms with E-state index >= 15 is 0 Å². The molecule has 5 heteroatoms. The molecule has 1 N–H and O–H groups in total. The molecule has 0 bridgehead atoms. The fraction of sp³-hybridized carbons (Fsp3) is 0.667. The fourth-order valence-corrected chi connectivity index (χ4v) is 3.33. The Balaban J connectivity index is 1.46. The molecule has 0 aromatic carbocycles. The lowest BCUT2D eigenvalue weighted by atomic mass is 10.2. The minimum Gasteiger partial charge on any atom is -0.376 e. The Morgan fingerprint density at radius 3 is 3.00 bits per heavy atom. The van der Waals surface area contributed by atoms with Crippen molar-refractivity contribution in [2.75, 3.05) is 19.7 Å². The molecule has 0 radical (unpaired) electrons. The minimum absolute atomic E-state index is 0.0829. The maximum absolute atomic E-state index is 12.3. The lowest BCUT2D eigenvalue weighted by molar-refractivity contribution is 0.108. The number of urea groups is 1. The number of ether oxygens (including phenoxy) is 1. The van der Waals surface area contributed by atoms with E-state index in [1.54, 1.807) is 11.3 Å². The van der Waals surface area contributed by atoms with E-state index in [2.05, 4.69) is 22.8 Å². The summed E-state index contributed by atoms with van der Waals surface area (Å²) in [6.07, 6.45) is 5.67. The second-order valence-electron chi connectivity index (χ2n) is 5.58. The first-order valence-electron chi connectivity index (χ1n) is 7.51. The lowest BCUT2D eigenvalue weighted by Gasteiger charge is -2.23. The number of amides is 2. The molecule has 2 amide bonds. The van der Waals surface area contributed by atoms with Crippen LogP contribution in [0.25, 0.3) is 0 Å². The number of carbonyl (C=O) groups is 1. The second kappa shape index (κ2) is 6.59. The van der Waals surface area contributed by atoms with E-state index in [-0.39, 0.29) is 12.1 Å². The zero-order valence-corrected chi connectivity index (χ0v) is 12.5. The van der Waals surface area contributed by atoms with E-state index in [0.717, 1.165) is 45.3 Å². The first-order valence-corrected chi connectivity index (χ1v) is 8.39. The van der Waals surface area contributed by atoms with Crippen molar-refractivity contribution >= 4 is 17.4 Å². The number of nitrogens with zero attached hydrogens (tertiary/aromatic N) is 1. The third-order valence-electron chi connectivity index (χ3n) is 3.93. The quantitative estimate of drug-likeness (QED) is 0.876. The van der Waals surface area contributed by atoms with Gasteiger partial charge in [0.2, 0.25) is 0 Å².